The lowest BCUT2D eigenvalue weighted by molar-refractivity contribution is 0.312. The van der Waals surface area contributed by atoms with Crippen LogP contribution in [-0.2, 0) is 6.42 Å². The normalized spacial score (nSPS) is 23.5. The van der Waals surface area contributed by atoms with E-state index < -0.39 is 0 Å². The van der Waals surface area contributed by atoms with Gasteiger partial charge in [0.15, 0.2) is 0 Å². The highest BCUT2D eigenvalue weighted by molar-refractivity contribution is 5.38. The largest absolute Gasteiger partial charge is 0.383 e. The third kappa shape index (κ3) is 3.17. The predicted molar refractivity (Wildman–Crippen MR) is 78.3 cm³/mol. The molecule has 0 spiro atoms. The van der Waals surface area contributed by atoms with E-state index in [-0.39, 0.29) is 5.56 Å². The van der Waals surface area contributed by atoms with E-state index in [9.17, 15) is 4.79 Å². The van der Waals surface area contributed by atoms with Crippen molar-refractivity contribution in [1.82, 2.24) is 9.97 Å². The van der Waals surface area contributed by atoms with Crippen LogP contribution in [0.5, 0.6) is 0 Å². The van der Waals surface area contributed by atoms with E-state index in [1.54, 1.807) is 0 Å². The van der Waals surface area contributed by atoms with E-state index in [1.807, 2.05) is 6.92 Å². The number of nitrogen functional groups attached to an aromatic ring is 1. The van der Waals surface area contributed by atoms with Crippen molar-refractivity contribution in [3.8, 4) is 0 Å². The Hall–Kier alpha value is -1.32. The number of hydrogen-bond acceptors (Lipinski definition) is 3. The summed E-state index contributed by atoms with van der Waals surface area (Å²) in [6.45, 7) is 4.29. The first-order valence-electron chi connectivity index (χ1n) is 7.54. The molecular weight excluding hydrogens is 238 g/mol. The first-order valence-corrected chi connectivity index (χ1v) is 7.54. The number of H-pyrrole nitrogens is 1. The molecule has 0 atom stereocenters. The lowest BCUT2D eigenvalue weighted by Crippen LogP contribution is -2.23. The quantitative estimate of drug-likeness (QED) is 0.877. The summed E-state index contributed by atoms with van der Waals surface area (Å²) in [5, 5.41) is 0. The van der Waals surface area contributed by atoms with Gasteiger partial charge >= 0.3 is 0 Å². The third-order valence-corrected chi connectivity index (χ3v) is 4.38. The van der Waals surface area contributed by atoms with E-state index in [0.717, 1.165) is 31.0 Å². The van der Waals surface area contributed by atoms with Gasteiger partial charge in [0.2, 0.25) is 0 Å². The van der Waals surface area contributed by atoms with Gasteiger partial charge in [-0.05, 0) is 38.0 Å². The van der Waals surface area contributed by atoms with Crippen molar-refractivity contribution in [2.75, 3.05) is 5.73 Å². The minimum absolute atomic E-state index is 0.0398. The molecule has 4 heteroatoms. The number of nitrogens with zero attached hydrogens (tertiary/aromatic N) is 1. The molecule has 0 bridgehead atoms. The first-order chi connectivity index (χ1) is 9.15. The summed E-state index contributed by atoms with van der Waals surface area (Å²) in [6, 6.07) is 0. The molecule has 0 aromatic carbocycles. The fourth-order valence-corrected chi connectivity index (χ4v) is 3.06. The maximum Gasteiger partial charge on any atom is 0.256 e. The van der Waals surface area contributed by atoms with Crippen molar-refractivity contribution in [2.24, 2.45) is 5.92 Å². The van der Waals surface area contributed by atoms with E-state index in [1.165, 1.54) is 19.3 Å². The molecule has 1 heterocycles. The molecule has 0 saturated heterocycles. The van der Waals surface area contributed by atoms with Crippen molar-refractivity contribution in [3.63, 3.8) is 0 Å². The predicted octanol–water partition coefficient (Wildman–Crippen LogP) is 2.99. The Morgan fingerprint density at radius 3 is 2.47 bits per heavy atom. The number of nitrogens with one attached hydrogen (secondary N) is 1. The fourth-order valence-electron chi connectivity index (χ4n) is 3.06. The minimum atomic E-state index is -0.0398. The molecule has 0 radical (unpaired) electrons. The van der Waals surface area contributed by atoms with Crippen LogP contribution >= 0.6 is 0 Å². The molecule has 3 N–H and O–H groups in total. The number of aromatic amines is 1. The highest BCUT2D eigenvalue weighted by Gasteiger charge is 2.23. The van der Waals surface area contributed by atoms with Crippen LogP contribution in [0.15, 0.2) is 4.79 Å². The molecule has 19 heavy (non-hydrogen) atoms. The molecule has 4 nitrogen and oxygen atoms in total. The number of anilines is 1. The van der Waals surface area contributed by atoms with Gasteiger partial charge in [0.1, 0.15) is 11.6 Å². The Labute approximate surface area is 114 Å². The highest BCUT2D eigenvalue weighted by atomic mass is 16.1. The van der Waals surface area contributed by atoms with Gasteiger partial charge in [0, 0.05) is 5.92 Å². The number of aromatic nitrogens is 2. The van der Waals surface area contributed by atoms with Gasteiger partial charge in [-0.3, -0.25) is 4.79 Å². The van der Waals surface area contributed by atoms with Gasteiger partial charge in [0.05, 0.1) is 5.56 Å². The van der Waals surface area contributed by atoms with Crippen LogP contribution in [0.1, 0.15) is 69.7 Å². The second kappa shape index (κ2) is 6.22. The summed E-state index contributed by atoms with van der Waals surface area (Å²) in [5.41, 5.74) is 6.54. The fraction of sp³-hybridized carbons (Fsp3) is 0.733. The molecular formula is C15H25N3O. The summed E-state index contributed by atoms with van der Waals surface area (Å²) in [7, 11) is 0. The van der Waals surface area contributed by atoms with Crippen molar-refractivity contribution >= 4 is 5.82 Å². The van der Waals surface area contributed by atoms with Gasteiger partial charge in [-0.15, -0.1) is 0 Å². The van der Waals surface area contributed by atoms with Gasteiger partial charge in [-0.1, -0.05) is 26.7 Å². The maximum atomic E-state index is 12.0. The SMILES string of the molecule is CCCc1c(N)nc(C2CCC(CC)CC2)[nH]c1=O. The number of rotatable bonds is 4. The van der Waals surface area contributed by atoms with Crippen LogP contribution in [-0.4, -0.2) is 9.97 Å². The van der Waals surface area contributed by atoms with Crippen molar-refractivity contribution in [1.29, 1.82) is 0 Å². The molecule has 2 rings (SSSR count). The average Bonchev–Trinajstić information content (AvgIpc) is 2.43. The summed E-state index contributed by atoms with van der Waals surface area (Å²) in [4.78, 5) is 19.4. The Kier molecular flexibility index (Phi) is 4.61. The van der Waals surface area contributed by atoms with E-state index >= 15 is 0 Å². The van der Waals surface area contributed by atoms with Crippen molar-refractivity contribution in [2.45, 2.75) is 64.7 Å². The standard InChI is InChI=1S/C15H25N3O/c1-3-5-12-13(16)17-14(18-15(12)19)11-8-6-10(4-2)7-9-11/h10-11H,3-9H2,1-2H3,(H3,16,17,18,19). The molecule has 1 saturated carbocycles. The van der Waals surface area contributed by atoms with Crippen LogP contribution in [0.25, 0.3) is 0 Å². The zero-order valence-corrected chi connectivity index (χ0v) is 12.0. The lowest BCUT2D eigenvalue weighted by Gasteiger charge is -2.27. The second-order valence-corrected chi connectivity index (χ2v) is 5.69. The summed E-state index contributed by atoms with van der Waals surface area (Å²) in [6.07, 6.45) is 7.59. The van der Waals surface area contributed by atoms with Crippen molar-refractivity contribution in [3.05, 3.63) is 21.7 Å². The molecule has 1 aliphatic rings. The Morgan fingerprint density at radius 2 is 1.95 bits per heavy atom. The highest BCUT2D eigenvalue weighted by Crippen LogP contribution is 2.35. The smallest absolute Gasteiger partial charge is 0.256 e. The summed E-state index contributed by atoms with van der Waals surface area (Å²) >= 11 is 0. The topological polar surface area (TPSA) is 71.8 Å². The van der Waals surface area contributed by atoms with Crippen LogP contribution < -0.4 is 11.3 Å². The molecule has 1 aromatic heterocycles. The minimum Gasteiger partial charge on any atom is -0.383 e. The van der Waals surface area contributed by atoms with Crippen LogP contribution in [0.2, 0.25) is 0 Å². The van der Waals surface area contributed by atoms with Gasteiger partial charge < -0.3 is 10.7 Å². The van der Waals surface area contributed by atoms with Crippen LogP contribution in [0, 0.1) is 5.92 Å². The average molecular weight is 263 g/mol. The van der Waals surface area contributed by atoms with E-state index in [2.05, 4.69) is 16.9 Å². The Morgan fingerprint density at radius 1 is 1.26 bits per heavy atom. The van der Waals surface area contributed by atoms with Gasteiger partial charge in [0.25, 0.3) is 5.56 Å². The summed E-state index contributed by atoms with van der Waals surface area (Å²) in [5.74, 6) is 2.46. The zero-order chi connectivity index (χ0) is 13.8. The van der Waals surface area contributed by atoms with E-state index in [0.29, 0.717) is 23.7 Å². The second-order valence-electron chi connectivity index (χ2n) is 5.69. The molecule has 1 fully saturated rings. The molecule has 1 aliphatic carbocycles. The molecule has 106 valence electrons. The lowest BCUT2D eigenvalue weighted by atomic mass is 9.80. The molecule has 0 amide bonds. The summed E-state index contributed by atoms with van der Waals surface area (Å²) < 4.78 is 0. The number of hydrogen-bond donors (Lipinski definition) is 2. The molecule has 0 aliphatic heterocycles. The zero-order valence-electron chi connectivity index (χ0n) is 12.0. The van der Waals surface area contributed by atoms with Gasteiger partial charge in [-0.2, -0.15) is 0 Å². The monoisotopic (exact) mass is 263 g/mol. The van der Waals surface area contributed by atoms with Crippen LogP contribution in [0.4, 0.5) is 5.82 Å². The maximum absolute atomic E-state index is 12.0. The van der Waals surface area contributed by atoms with Gasteiger partial charge in [-0.25, -0.2) is 4.98 Å². The van der Waals surface area contributed by atoms with Crippen molar-refractivity contribution < 1.29 is 0 Å². The Balaban J connectivity index is 2.16. The molecule has 0 unspecified atom stereocenters. The molecule has 1 aromatic rings. The first kappa shape index (κ1) is 14.1. The third-order valence-electron chi connectivity index (χ3n) is 4.38. The van der Waals surface area contributed by atoms with Crippen LogP contribution in [0.3, 0.4) is 0 Å². The Bertz CT molecular complexity index is 473. The number of nitrogens with two attached hydrogens (primary N) is 1. The van der Waals surface area contributed by atoms with E-state index in [4.69, 9.17) is 5.73 Å².